The maximum Gasteiger partial charge on any atom is 0.336 e. The first kappa shape index (κ1) is 25.2. The van der Waals surface area contributed by atoms with Crippen LogP contribution in [0.25, 0.3) is 11.1 Å². The van der Waals surface area contributed by atoms with Crippen molar-refractivity contribution in [2.45, 2.75) is 26.5 Å². The number of carbonyl (C=O) groups is 2. The van der Waals surface area contributed by atoms with Crippen LogP contribution in [0, 0.1) is 5.92 Å². The van der Waals surface area contributed by atoms with Gasteiger partial charge < -0.3 is 19.5 Å². The number of carbonyl (C=O) groups excluding carboxylic acids is 2. The Kier molecular flexibility index (Phi) is 8.64. The number of hydrazine groups is 1. The highest BCUT2D eigenvalue weighted by Gasteiger charge is 2.24. The lowest BCUT2D eigenvalue weighted by atomic mass is 10.0. The highest BCUT2D eigenvalue weighted by molar-refractivity contribution is 6.30. The van der Waals surface area contributed by atoms with Gasteiger partial charge in [-0.05, 0) is 39.9 Å². The molecule has 0 bridgehead atoms. The summed E-state index contributed by atoms with van der Waals surface area (Å²) in [5.41, 5.74) is 5.28. The normalized spacial score (nSPS) is 12.1. The van der Waals surface area contributed by atoms with E-state index >= 15 is 0 Å². The number of rotatable bonds is 10. The van der Waals surface area contributed by atoms with Crippen molar-refractivity contribution in [2.24, 2.45) is 5.92 Å². The molecule has 3 rings (SSSR count). The number of nitrogens with zero attached hydrogens (tertiary/aromatic N) is 2. The summed E-state index contributed by atoms with van der Waals surface area (Å²) in [6.45, 7) is 3.86. The molecule has 1 amide bonds. The first-order chi connectivity index (χ1) is 16.2. The zero-order valence-electron chi connectivity index (χ0n) is 18.8. The fourth-order valence-corrected chi connectivity index (χ4v) is 3.23. The second kappa shape index (κ2) is 11.6. The molecule has 0 saturated carbocycles. The molecule has 180 valence electrons. The van der Waals surface area contributed by atoms with E-state index in [2.05, 4.69) is 10.6 Å². The largest absolute Gasteiger partial charge is 0.491 e. The van der Waals surface area contributed by atoms with Crippen molar-refractivity contribution in [3.8, 4) is 17.0 Å². The molecule has 34 heavy (non-hydrogen) atoms. The van der Waals surface area contributed by atoms with E-state index in [-0.39, 0.29) is 31.4 Å². The number of aromatic hydroxyl groups is 1. The third kappa shape index (κ3) is 7.31. The third-order valence-corrected chi connectivity index (χ3v) is 4.93. The molecule has 10 heteroatoms. The molecule has 0 aliphatic heterocycles. The quantitative estimate of drug-likeness (QED) is 0.293. The van der Waals surface area contributed by atoms with Gasteiger partial charge in [-0.3, -0.25) is 10.2 Å². The van der Waals surface area contributed by atoms with Crippen LogP contribution in [0.1, 0.15) is 30.0 Å². The van der Waals surface area contributed by atoms with Gasteiger partial charge >= 0.3 is 11.9 Å². The molecule has 0 fully saturated rings. The van der Waals surface area contributed by atoms with Crippen LogP contribution in [0.3, 0.4) is 0 Å². The molecule has 9 nitrogen and oxygen atoms in total. The van der Waals surface area contributed by atoms with Gasteiger partial charge in [-0.15, -0.1) is 0 Å². The van der Waals surface area contributed by atoms with Crippen LogP contribution in [0.5, 0.6) is 5.88 Å². The van der Waals surface area contributed by atoms with Crippen LogP contribution in [-0.2, 0) is 16.1 Å². The average Bonchev–Trinajstić information content (AvgIpc) is 3.24. The van der Waals surface area contributed by atoms with Crippen LogP contribution in [0.4, 0.5) is 0 Å². The molecule has 1 unspecified atom stereocenters. The standard InChI is InChI=1S/C24H26ClN3O6/c1-15(2)14-33-24(32)20(29)13-28(26-23(31)21-11-22(30)27-34-21)12-16-6-8-17(9-7-16)18-4-3-5-19(25)10-18/h3-11,15,20,29H,12-14H2,1-2H3,(H,26,31)(H,27,30). The fraction of sp³-hybridized carbons (Fsp3) is 0.292. The molecule has 2 aromatic carbocycles. The Morgan fingerprint density at radius 3 is 2.50 bits per heavy atom. The maximum atomic E-state index is 12.5. The molecule has 1 heterocycles. The number of hydrogen-bond donors (Lipinski definition) is 3. The molecule has 0 aliphatic rings. The SMILES string of the molecule is CC(C)COC(=O)C(O)CN(Cc1ccc(-c2cccc(Cl)c2)cc1)NC(=O)c1cc(O)no1. The van der Waals surface area contributed by atoms with Gasteiger partial charge in [0.15, 0.2) is 6.10 Å². The van der Waals surface area contributed by atoms with E-state index in [9.17, 15) is 19.8 Å². The Balaban J connectivity index is 1.73. The summed E-state index contributed by atoms with van der Waals surface area (Å²) >= 11 is 6.07. The van der Waals surface area contributed by atoms with Crippen molar-refractivity contribution < 1.29 is 29.1 Å². The monoisotopic (exact) mass is 487 g/mol. The number of nitrogens with one attached hydrogen (secondary N) is 1. The minimum absolute atomic E-state index is 0.115. The second-order valence-electron chi connectivity index (χ2n) is 8.12. The van der Waals surface area contributed by atoms with Gasteiger partial charge in [0.25, 0.3) is 5.88 Å². The van der Waals surface area contributed by atoms with Gasteiger partial charge in [0.2, 0.25) is 5.76 Å². The van der Waals surface area contributed by atoms with Crippen molar-refractivity contribution in [2.75, 3.05) is 13.2 Å². The predicted molar refractivity (Wildman–Crippen MR) is 125 cm³/mol. The number of halogens is 1. The first-order valence-corrected chi connectivity index (χ1v) is 11.0. The van der Waals surface area contributed by atoms with E-state index in [1.807, 2.05) is 56.3 Å². The van der Waals surface area contributed by atoms with Crippen molar-refractivity contribution in [3.63, 3.8) is 0 Å². The van der Waals surface area contributed by atoms with Crippen LogP contribution >= 0.6 is 11.6 Å². The number of ether oxygens (including phenoxy) is 1. The highest BCUT2D eigenvalue weighted by atomic mass is 35.5. The van der Waals surface area contributed by atoms with Gasteiger partial charge in [-0.25, -0.2) is 9.80 Å². The molecule has 1 atom stereocenters. The van der Waals surface area contributed by atoms with Crippen molar-refractivity contribution >= 4 is 23.5 Å². The summed E-state index contributed by atoms with van der Waals surface area (Å²) in [6.07, 6.45) is -1.49. The summed E-state index contributed by atoms with van der Waals surface area (Å²) < 4.78 is 9.85. The van der Waals surface area contributed by atoms with Crippen LogP contribution in [0.2, 0.25) is 5.02 Å². The van der Waals surface area contributed by atoms with E-state index in [1.165, 1.54) is 5.01 Å². The Hall–Kier alpha value is -3.40. The summed E-state index contributed by atoms with van der Waals surface area (Å²) in [4.78, 5) is 24.6. The highest BCUT2D eigenvalue weighted by Crippen LogP contribution is 2.23. The average molecular weight is 488 g/mol. The lowest BCUT2D eigenvalue weighted by molar-refractivity contribution is -0.156. The van der Waals surface area contributed by atoms with Gasteiger partial charge in [0.05, 0.1) is 19.2 Å². The molecule has 1 aromatic heterocycles. The lowest BCUT2D eigenvalue weighted by Crippen LogP contribution is -2.47. The Morgan fingerprint density at radius 2 is 1.88 bits per heavy atom. The third-order valence-electron chi connectivity index (χ3n) is 4.69. The number of aliphatic hydroxyl groups is 1. The maximum absolute atomic E-state index is 12.5. The lowest BCUT2D eigenvalue weighted by Gasteiger charge is -2.25. The van der Waals surface area contributed by atoms with Crippen LogP contribution in [-0.4, -0.2) is 51.5 Å². The van der Waals surface area contributed by atoms with Gasteiger partial charge in [-0.1, -0.05) is 61.8 Å². The van der Waals surface area contributed by atoms with Gasteiger partial charge in [-0.2, -0.15) is 0 Å². The minimum atomic E-state index is -1.49. The Bertz CT molecular complexity index is 1120. The van der Waals surface area contributed by atoms with Gasteiger partial charge in [0.1, 0.15) is 0 Å². The molecular weight excluding hydrogens is 462 g/mol. The number of aliphatic hydroxyl groups excluding tert-OH is 1. The zero-order chi connectivity index (χ0) is 24.7. The molecule has 0 aliphatic carbocycles. The number of hydrogen-bond acceptors (Lipinski definition) is 8. The summed E-state index contributed by atoms with van der Waals surface area (Å²) in [5.74, 6) is -2.04. The molecule has 0 spiro atoms. The molecule has 3 aromatic rings. The summed E-state index contributed by atoms with van der Waals surface area (Å²) in [7, 11) is 0. The number of benzene rings is 2. The second-order valence-corrected chi connectivity index (χ2v) is 8.55. The van der Waals surface area contributed by atoms with Crippen LogP contribution in [0.15, 0.2) is 59.1 Å². The molecule has 3 N–H and O–H groups in total. The van der Waals surface area contributed by atoms with E-state index < -0.39 is 23.9 Å². The predicted octanol–water partition coefficient (Wildman–Crippen LogP) is 3.41. The van der Waals surface area contributed by atoms with Gasteiger partial charge in [0, 0.05) is 11.6 Å². The van der Waals surface area contributed by atoms with E-state index in [0.29, 0.717) is 5.02 Å². The number of esters is 1. The summed E-state index contributed by atoms with van der Waals surface area (Å²) in [6, 6.07) is 16.1. The van der Waals surface area contributed by atoms with E-state index in [0.717, 1.165) is 22.8 Å². The number of aromatic nitrogens is 1. The molecule has 0 saturated heterocycles. The Labute approximate surface area is 201 Å². The minimum Gasteiger partial charge on any atom is -0.491 e. The molecule has 0 radical (unpaired) electrons. The first-order valence-electron chi connectivity index (χ1n) is 10.6. The van der Waals surface area contributed by atoms with Crippen LogP contribution < -0.4 is 5.43 Å². The van der Waals surface area contributed by atoms with E-state index in [4.69, 9.17) is 20.9 Å². The van der Waals surface area contributed by atoms with Crippen molar-refractivity contribution in [3.05, 3.63) is 70.9 Å². The topological polar surface area (TPSA) is 125 Å². The van der Waals surface area contributed by atoms with Crippen molar-refractivity contribution in [1.82, 2.24) is 15.6 Å². The zero-order valence-corrected chi connectivity index (χ0v) is 19.5. The fourth-order valence-electron chi connectivity index (χ4n) is 3.04. The number of amides is 1. The van der Waals surface area contributed by atoms with Crippen molar-refractivity contribution in [1.29, 1.82) is 0 Å². The Morgan fingerprint density at radius 1 is 1.15 bits per heavy atom. The smallest absolute Gasteiger partial charge is 0.336 e. The van der Waals surface area contributed by atoms with E-state index in [1.54, 1.807) is 6.07 Å². The molecular formula is C24H26ClN3O6. The summed E-state index contributed by atoms with van der Waals surface area (Å²) in [5, 5.41) is 24.9.